The van der Waals surface area contributed by atoms with Gasteiger partial charge >= 0.3 is 0 Å². The van der Waals surface area contributed by atoms with Crippen LogP contribution in [0.2, 0.25) is 0 Å². The molecule has 0 radical (unpaired) electrons. The van der Waals surface area contributed by atoms with Crippen molar-refractivity contribution < 1.29 is 19.3 Å². The second kappa shape index (κ2) is 8.93. The minimum Gasteiger partial charge on any atom is -0.390 e. The van der Waals surface area contributed by atoms with E-state index in [4.69, 9.17) is 14.2 Å². The minimum atomic E-state index is -0.430. The molecule has 0 aliphatic carbocycles. The van der Waals surface area contributed by atoms with Crippen molar-refractivity contribution in [3.63, 3.8) is 0 Å². The standard InChI is InChI=1S/C12H26O4/c1-12(2,3)11(13)10-16-9-8-15-7-5-6-14-4/h11,13H,5-10H2,1-4H3. The van der Waals surface area contributed by atoms with Gasteiger partial charge in [0.15, 0.2) is 0 Å². The first kappa shape index (κ1) is 15.8. The van der Waals surface area contributed by atoms with Crippen LogP contribution in [-0.4, -0.2) is 51.4 Å². The molecule has 98 valence electrons. The molecule has 0 fully saturated rings. The van der Waals surface area contributed by atoms with Crippen molar-refractivity contribution in [2.24, 2.45) is 5.41 Å². The fraction of sp³-hybridized carbons (Fsp3) is 1.00. The Bertz CT molecular complexity index is 154. The lowest BCUT2D eigenvalue weighted by molar-refractivity contribution is -0.0365. The number of rotatable bonds is 9. The topological polar surface area (TPSA) is 47.9 Å². The van der Waals surface area contributed by atoms with Gasteiger partial charge in [-0.25, -0.2) is 0 Å². The first-order chi connectivity index (χ1) is 7.48. The third kappa shape index (κ3) is 9.09. The van der Waals surface area contributed by atoms with Crippen LogP contribution in [0, 0.1) is 5.41 Å². The van der Waals surface area contributed by atoms with E-state index >= 15 is 0 Å². The summed E-state index contributed by atoms with van der Waals surface area (Å²) in [6.45, 7) is 8.85. The monoisotopic (exact) mass is 234 g/mol. The van der Waals surface area contributed by atoms with Crippen molar-refractivity contribution >= 4 is 0 Å². The average Bonchev–Trinajstić information content (AvgIpc) is 2.20. The van der Waals surface area contributed by atoms with Gasteiger partial charge in [-0.2, -0.15) is 0 Å². The maximum absolute atomic E-state index is 9.68. The summed E-state index contributed by atoms with van der Waals surface area (Å²) in [5.41, 5.74) is -0.126. The molecule has 1 unspecified atom stereocenters. The van der Waals surface area contributed by atoms with Crippen molar-refractivity contribution in [2.45, 2.75) is 33.3 Å². The van der Waals surface area contributed by atoms with Gasteiger partial charge in [0.05, 0.1) is 25.9 Å². The normalized spacial score (nSPS) is 14.1. The molecule has 0 heterocycles. The molecular weight excluding hydrogens is 208 g/mol. The van der Waals surface area contributed by atoms with Gasteiger partial charge < -0.3 is 19.3 Å². The van der Waals surface area contributed by atoms with Crippen molar-refractivity contribution in [1.29, 1.82) is 0 Å². The average molecular weight is 234 g/mol. The van der Waals surface area contributed by atoms with Crippen LogP contribution in [0.25, 0.3) is 0 Å². The lowest BCUT2D eigenvalue weighted by Crippen LogP contribution is -2.31. The molecule has 0 aromatic heterocycles. The van der Waals surface area contributed by atoms with Crippen LogP contribution in [0.3, 0.4) is 0 Å². The molecule has 0 aliphatic rings. The molecule has 0 bridgehead atoms. The van der Waals surface area contributed by atoms with E-state index in [-0.39, 0.29) is 5.41 Å². The Labute approximate surface area is 98.9 Å². The Kier molecular flexibility index (Phi) is 8.84. The fourth-order valence-corrected chi connectivity index (χ4v) is 0.970. The predicted molar refractivity (Wildman–Crippen MR) is 63.6 cm³/mol. The molecule has 1 atom stereocenters. The molecule has 0 aromatic rings. The van der Waals surface area contributed by atoms with Crippen LogP contribution in [-0.2, 0) is 14.2 Å². The summed E-state index contributed by atoms with van der Waals surface area (Å²) in [5, 5.41) is 9.68. The molecule has 16 heavy (non-hydrogen) atoms. The SMILES string of the molecule is COCCCOCCOCC(O)C(C)(C)C. The van der Waals surface area contributed by atoms with Crippen molar-refractivity contribution in [3.8, 4) is 0 Å². The highest BCUT2D eigenvalue weighted by molar-refractivity contribution is 4.71. The highest BCUT2D eigenvalue weighted by Crippen LogP contribution is 2.18. The quantitative estimate of drug-likeness (QED) is 0.614. The van der Waals surface area contributed by atoms with E-state index in [9.17, 15) is 5.11 Å². The zero-order valence-corrected chi connectivity index (χ0v) is 11.0. The van der Waals surface area contributed by atoms with E-state index in [1.165, 1.54) is 0 Å². The minimum absolute atomic E-state index is 0.126. The van der Waals surface area contributed by atoms with Crippen molar-refractivity contribution in [3.05, 3.63) is 0 Å². The molecule has 0 saturated carbocycles. The molecule has 0 saturated heterocycles. The molecule has 0 rings (SSSR count). The second-order valence-electron chi connectivity index (χ2n) is 4.92. The van der Waals surface area contributed by atoms with Gasteiger partial charge in [-0.05, 0) is 11.8 Å². The third-order valence-electron chi connectivity index (χ3n) is 2.28. The largest absolute Gasteiger partial charge is 0.390 e. The summed E-state index contributed by atoms with van der Waals surface area (Å²) in [7, 11) is 1.68. The van der Waals surface area contributed by atoms with Crippen LogP contribution < -0.4 is 0 Å². The van der Waals surface area contributed by atoms with Crippen LogP contribution in [0.4, 0.5) is 0 Å². The maximum Gasteiger partial charge on any atom is 0.0821 e. The van der Waals surface area contributed by atoms with Gasteiger partial charge in [0.1, 0.15) is 0 Å². The lowest BCUT2D eigenvalue weighted by atomic mass is 9.90. The Balaban J connectivity index is 3.21. The highest BCUT2D eigenvalue weighted by atomic mass is 16.5. The van der Waals surface area contributed by atoms with E-state index in [1.807, 2.05) is 20.8 Å². The smallest absolute Gasteiger partial charge is 0.0821 e. The number of aliphatic hydroxyl groups excluding tert-OH is 1. The summed E-state index contributed by atoms with van der Waals surface area (Å²) in [6, 6.07) is 0. The number of aliphatic hydroxyl groups is 1. The van der Waals surface area contributed by atoms with Gasteiger partial charge in [0.2, 0.25) is 0 Å². The van der Waals surface area contributed by atoms with Crippen molar-refractivity contribution in [2.75, 3.05) is 40.1 Å². The number of hydrogen-bond acceptors (Lipinski definition) is 4. The zero-order valence-electron chi connectivity index (χ0n) is 11.0. The van der Waals surface area contributed by atoms with Crippen LogP contribution >= 0.6 is 0 Å². The number of ether oxygens (including phenoxy) is 3. The number of methoxy groups -OCH3 is 1. The Morgan fingerprint density at radius 2 is 1.62 bits per heavy atom. The highest BCUT2D eigenvalue weighted by Gasteiger charge is 2.21. The Hall–Kier alpha value is -0.160. The molecular formula is C12H26O4. The summed E-state index contributed by atoms with van der Waals surface area (Å²) in [5.74, 6) is 0. The van der Waals surface area contributed by atoms with E-state index < -0.39 is 6.10 Å². The second-order valence-corrected chi connectivity index (χ2v) is 4.92. The lowest BCUT2D eigenvalue weighted by Gasteiger charge is -2.25. The van der Waals surface area contributed by atoms with Gasteiger partial charge in [-0.1, -0.05) is 20.8 Å². The van der Waals surface area contributed by atoms with Crippen LogP contribution in [0.1, 0.15) is 27.2 Å². The van der Waals surface area contributed by atoms with Gasteiger partial charge in [0.25, 0.3) is 0 Å². The summed E-state index contributed by atoms with van der Waals surface area (Å²) in [4.78, 5) is 0. The van der Waals surface area contributed by atoms with Gasteiger partial charge in [-0.15, -0.1) is 0 Å². The molecule has 0 spiro atoms. The zero-order chi connectivity index (χ0) is 12.4. The van der Waals surface area contributed by atoms with Gasteiger partial charge in [0, 0.05) is 20.3 Å². The van der Waals surface area contributed by atoms with Gasteiger partial charge in [-0.3, -0.25) is 0 Å². The van der Waals surface area contributed by atoms with Crippen LogP contribution in [0.15, 0.2) is 0 Å². The van der Waals surface area contributed by atoms with E-state index in [1.54, 1.807) is 7.11 Å². The van der Waals surface area contributed by atoms with Crippen molar-refractivity contribution in [1.82, 2.24) is 0 Å². The molecule has 4 nitrogen and oxygen atoms in total. The predicted octanol–water partition coefficient (Wildman–Crippen LogP) is 1.46. The molecule has 0 amide bonds. The summed E-state index contributed by atoms with van der Waals surface area (Å²) in [6.07, 6.45) is 0.474. The molecule has 1 N–H and O–H groups in total. The molecule has 0 aliphatic heterocycles. The first-order valence-corrected chi connectivity index (χ1v) is 5.81. The summed E-state index contributed by atoms with van der Waals surface area (Å²) >= 11 is 0. The molecule has 0 aromatic carbocycles. The fourth-order valence-electron chi connectivity index (χ4n) is 0.970. The van der Waals surface area contributed by atoms with E-state index in [2.05, 4.69) is 0 Å². The first-order valence-electron chi connectivity index (χ1n) is 5.81. The number of hydrogen-bond donors (Lipinski definition) is 1. The molecule has 4 heteroatoms. The third-order valence-corrected chi connectivity index (χ3v) is 2.28. The van der Waals surface area contributed by atoms with Crippen LogP contribution in [0.5, 0.6) is 0 Å². The van der Waals surface area contributed by atoms with E-state index in [0.717, 1.165) is 13.0 Å². The van der Waals surface area contributed by atoms with E-state index in [0.29, 0.717) is 26.4 Å². The summed E-state index contributed by atoms with van der Waals surface area (Å²) < 4.78 is 15.5. The Morgan fingerprint density at radius 1 is 1.00 bits per heavy atom. The maximum atomic E-state index is 9.68. The Morgan fingerprint density at radius 3 is 2.19 bits per heavy atom.